The number of amides is 2. The lowest BCUT2D eigenvalue weighted by atomic mass is 9.95. The fraction of sp³-hybridized carbons (Fsp3) is 0.579. The molecule has 1 aromatic carbocycles. The van der Waals surface area contributed by atoms with Gasteiger partial charge in [0.15, 0.2) is 6.10 Å². The van der Waals surface area contributed by atoms with Crippen molar-refractivity contribution in [3.63, 3.8) is 0 Å². The zero-order chi connectivity index (χ0) is 18.8. The largest absolute Gasteiger partial charge is 0.389 e. The van der Waals surface area contributed by atoms with Crippen molar-refractivity contribution in [3.05, 3.63) is 35.9 Å². The summed E-state index contributed by atoms with van der Waals surface area (Å²) >= 11 is 0. The number of likely N-dealkylation sites (N-methyl/N-ethyl adjacent to an activating group) is 1. The van der Waals surface area contributed by atoms with E-state index in [1.165, 1.54) is 4.90 Å². The van der Waals surface area contributed by atoms with Crippen LogP contribution >= 0.6 is 0 Å². The Morgan fingerprint density at radius 2 is 1.96 bits per heavy atom. The first-order chi connectivity index (χ1) is 11.6. The highest BCUT2D eigenvalue weighted by Crippen LogP contribution is 2.33. The van der Waals surface area contributed by atoms with Crippen molar-refractivity contribution in [3.8, 4) is 0 Å². The smallest absolute Gasteiger partial charge is 0.254 e. The Labute approximate surface area is 149 Å². The third kappa shape index (κ3) is 4.58. The van der Waals surface area contributed by atoms with Crippen LogP contribution in [0.2, 0.25) is 0 Å². The molecule has 2 atom stereocenters. The van der Waals surface area contributed by atoms with Crippen LogP contribution in [0.1, 0.15) is 39.3 Å². The van der Waals surface area contributed by atoms with E-state index in [2.05, 4.69) is 0 Å². The zero-order valence-electron chi connectivity index (χ0n) is 15.6. The van der Waals surface area contributed by atoms with Crippen molar-refractivity contribution in [2.24, 2.45) is 0 Å². The quantitative estimate of drug-likeness (QED) is 0.877. The van der Waals surface area contributed by atoms with E-state index in [4.69, 9.17) is 4.74 Å². The van der Waals surface area contributed by atoms with E-state index in [1.807, 2.05) is 44.2 Å². The maximum absolute atomic E-state index is 13.0. The first kappa shape index (κ1) is 19.4. The molecule has 1 saturated heterocycles. The predicted molar refractivity (Wildman–Crippen MR) is 94.8 cm³/mol. The first-order valence-corrected chi connectivity index (χ1v) is 8.57. The molecule has 0 aromatic heterocycles. The van der Waals surface area contributed by atoms with E-state index in [9.17, 15) is 14.7 Å². The number of rotatable bonds is 5. The van der Waals surface area contributed by atoms with Gasteiger partial charge in [-0.05, 0) is 33.3 Å². The first-order valence-electron chi connectivity index (χ1n) is 8.57. The Bertz CT molecular complexity index is 610. The second-order valence-corrected chi connectivity index (χ2v) is 7.49. The van der Waals surface area contributed by atoms with Crippen LogP contribution in [0.5, 0.6) is 0 Å². The Balaban J connectivity index is 2.37. The number of morpholine rings is 1. The summed E-state index contributed by atoms with van der Waals surface area (Å²) in [7, 11) is 1.64. The molecule has 1 N–H and O–H groups in total. The van der Waals surface area contributed by atoms with Crippen LogP contribution in [0, 0.1) is 0 Å². The van der Waals surface area contributed by atoms with Crippen molar-refractivity contribution < 1.29 is 19.4 Å². The molecule has 0 spiro atoms. The van der Waals surface area contributed by atoms with Gasteiger partial charge in [0.25, 0.3) is 5.91 Å². The van der Waals surface area contributed by atoms with Crippen molar-refractivity contribution >= 4 is 11.8 Å². The molecule has 1 aliphatic heterocycles. The van der Waals surface area contributed by atoms with Gasteiger partial charge in [-0.15, -0.1) is 0 Å². The minimum absolute atomic E-state index is 0.0588. The lowest BCUT2D eigenvalue weighted by Crippen LogP contribution is -2.57. The van der Waals surface area contributed by atoms with Crippen LogP contribution in [-0.4, -0.2) is 64.7 Å². The van der Waals surface area contributed by atoms with Crippen LogP contribution in [0.15, 0.2) is 30.3 Å². The number of carbonyl (C=O) groups excluding carboxylic acids is 2. The third-order valence-corrected chi connectivity index (χ3v) is 4.20. The number of ether oxygens (including phenoxy) is 1. The average Bonchev–Trinajstić information content (AvgIpc) is 2.52. The SMILES string of the molecule is CC(C)N1C(=O)CO[C@H](C(=O)N(C)CC(C)(C)O)[C@H]1c1ccccc1. The molecule has 0 radical (unpaired) electrons. The van der Waals surface area contributed by atoms with Crippen LogP contribution in [0.25, 0.3) is 0 Å². The van der Waals surface area contributed by atoms with E-state index in [0.717, 1.165) is 5.56 Å². The number of aliphatic hydroxyl groups is 1. The van der Waals surface area contributed by atoms with Gasteiger partial charge >= 0.3 is 0 Å². The van der Waals surface area contributed by atoms with Crippen molar-refractivity contribution in [2.75, 3.05) is 20.2 Å². The van der Waals surface area contributed by atoms with E-state index >= 15 is 0 Å². The maximum atomic E-state index is 13.0. The number of benzene rings is 1. The molecule has 6 nitrogen and oxygen atoms in total. The Kier molecular flexibility index (Phi) is 5.85. The molecule has 0 saturated carbocycles. The van der Waals surface area contributed by atoms with Crippen molar-refractivity contribution in [1.29, 1.82) is 0 Å². The molecule has 0 aliphatic carbocycles. The van der Waals surface area contributed by atoms with Crippen LogP contribution < -0.4 is 0 Å². The summed E-state index contributed by atoms with van der Waals surface area (Å²) in [6.07, 6.45) is -0.796. The fourth-order valence-electron chi connectivity index (χ4n) is 3.30. The molecular weight excluding hydrogens is 320 g/mol. The van der Waals surface area contributed by atoms with Gasteiger partial charge in [-0.2, -0.15) is 0 Å². The van der Waals surface area contributed by atoms with E-state index in [0.29, 0.717) is 0 Å². The summed E-state index contributed by atoms with van der Waals surface area (Å²) in [5.74, 6) is -0.368. The summed E-state index contributed by atoms with van der Waals surface area (Å²) in [6.45, 7) is 7.23. The summed E-state index contributed by atoms with van der Waals surface area (Å²) < 4.78 is 5.67. The Morgan fingerprint density at radius 1 is 1.36 bits per heavy atom. The second-order valence-electron chi connectivity index (χ2n) is 7.49. The van der Waals surface area contributed by atoms with E-state index < -0.39 is 17.7 Å². The van der Waals surface area contributed by atoms with Gasteiger partial charge in [0, 0.05) is 19.6 Å². The summed E-state index contributed by atoms with van der Waals surface area (Å²) in [4.78, 5) is 28.6. The fourth-order valence-corrected chi connectivity index (χ4v) is 3.30. The van der Waals surface area contributed by atoms with Crippen LogP contribution in [0.3, 0.4) is 0 Å². The van der Waals surface area contributed by atoms with Crippen molar-refractivity contribution in [1.82, 2.24) is 9.80 Å². The topological polar surface area (TPSA) is 70.1 Å². The number of hydrogen-bond donors (Lipinski definition) is 1. The van der Waals surface area contributed by atoms with Crippen LogP contribution in [0.4, 0.5) is 0 Å². The molecule has 0 bridgehead atoms. The number of hydrogen-bond acceptors (Lipinski definition) is 4. The standard InChI is InChI=1S/C19H28N2O4/c1-13(2)21-15(22)11-25-17(16(21)14-9-7-6-8-10-14)18(23)20(5)12-19(3,4)24/h6-10,13,16-17,24H,11-12H2,1-5H3/t16-,17+/m1/s1. The third-order valence-electron chi connectivity index (χ3n) is 4.20. The normalized spacial score (nSPS) is 21.6. The van der Waals surface area contributed by atoms with E-state index in [-0.39, 0.29) is 31.0 Å². The van der Waals surface area contributed by atoms with E-state index in [1.54, 1.807) is 25.8 Å². The Hall–Kier alpha value is -1.92. The summed E-state index contributed by atoms with van der Waals surface area (Å²) in [5.41, 5.74) is -0.145. The highest BCUT2D eigenvalue weighted by molar-refractivity contribution is 5.86. The molecule has 1 fully saturated rings. The molecule has 1 aliphatic rings. The lowest BCUT2D eigenvalue weighted by Gasteiger charge is -2.44. The molecule has 2 amide bonds. The highest BCUT2D eigenvalue weighted by Gasteiger charge is 2.44. The molecule has 25 heavy (non-hydrogen) atoms. The lowest BCUT2D eigenvalue weighted by molar-refractivity contribution is -0.172. The minimum atomic E-state index is -1.01. The molecule has 0 unspecified atom stereocenters. The second kappa shape index (κ2) is 7.54. The van der Waals surface area contributed by atoms with Gasteiger partial charge in [0.2, 0.25) is 5.91 Å². The summed E-state index contributed by atoms with van der Waals surface area (Å²) in [5, 5.41) is 10.0. The predicted octanol–water partition coefficient (Wildman–Crippen LogP) is 1.59. The minimum Gasteiger partial charge on any atom is -0.389 e. The van der Waals surface area contributed by atoms with Crippen molar-refractivity contribution in [2.45, 2.75) is 51.5 Å². The van der Waals surface area contributed by atoms with Gasteiger partial charge in [0.05, 0.1) is 11.6 Å². The average molecular weight is 348 g/mol. The molecule has 138 valence electrons. The zero-order valence-corrected chi connectivity index (χ0v) is 15.6. The van der Waals surface area contributed by atoms with Gasteiger partial charge < -0.3 is 19.6 Å². The molecule has 6 heteroatoms. The summed E-state index contributed by atoms with van der Waals surface area (Å²) in [6, 6.07) is 8.92. The maximum Gasteiger partial charge on any atom is 0.254 e. The van der Waals surface area contributed by atoms with Gasteiger partial charge in [-0.3, -0.25) is 9.59 Å². The number of carbonyl (C=O) groups is 2. The molecule has 2 rings (SSSR count). The van der Waals surface area contributed by atoms with Gasteiger partial charge in [0.1, 0.15) is 6.61 Å². The van der Waals surface area contributed by atoms with Crippen LogP contribution in [-0.2, 0) is 14.3 Å². The molecule has 1 aromatic rings. The molecule has 1 heterocycles. The monoisotopic (exact) mass is 348 g/mol. The molecular formula is C19H28N2O4. The highest BCUT2D eigenvalue weighted by atomic mass is 16.5. The van der Waals surface area contributed by atoms with Gasteiger partial charge in [-0.25, -0.2) is 0 Å². The number of nitrogens with zero attached hydrogens (tertiary/aromatic N) is 2. The van der Waals surface area contributed by atoms with Gasteiger partial charge in [-0.1, -0.05) is 30.3 Å². The Morgan fingerprint density at radius 3 is 2.48 bits per heavy atom.